The third kappa shape index (κ3) is 4.33. The molecule has 0 saturated heterocycles. The predicted octanol–water partition coefficient (Wildman–Crippen LogP) is 3.56. The summed E-state index contributed by atoms with van der Waals surface area (Å²) in [6, 6.07) is 6.58. The largest absolute Gasteiger partial charge is 0.444 e. The molecule has 0 aliphatic carbocycles. The molecule has 0 aliphatic heterocycles. The van der Waals surface area contributed by atoms with Crippen LogP contribution in [-0.4, -0.2) is 11.7 Å². The van der Waals surface area contributed by atoms with E-state index < -0.39 is 11.7 Å². The summed E-state index contributed by atoms with van der Waals surface area (Å²) < 4.78 is 5.08. The number of nitrogens with one attached hydrogen (secondary N) is 1. The molecule has 0 fully saturated rings. The summed E-state index contributed by atoms with van der Waals surface area (Å²) in [5, 5.41) is 11.6. The number of hydrogen-bond acceptors (Lipinski definition) is 3. The molecule has 4 nitrogen and oxygen atoms in total. The number of rotatable bonds is 1. The maximum Gasteiger partial charge on any atom is 0.412 e. The van der Waals surface area contributed by atoms with Gasteiger partial charge in [-0.05, 0) is 39.0 Å². The molecule has 5 heteroatoms. The van der Waals surface area contributed by atoms with Crippen LogP contribution in [-0.2, 0) is 4.74 Å². The van der Waals surface area contributed by atoms with Gasteiger partial charge in [-0.3, -0.25) is 5.32 Å². The summed E-state index contributed by atoms with van der Waals surface area (Å²) in [6.45, 7) is 5.29. The molecule has 1 rings (SSSR count). The summed E-state index contributed by atoms with van der Waals surface area (Å²) in [5.74, 6) is 0. The van der Waals surface area contributed by atoms with Crippen molar-refractivity contribution in [2.24, 2.45) is 0 Å². The number of nitriles is 1. The molecule has 0 unspecified atom stereocenters. The molecule has 17 heavy (non-hydrogen) atoms. The van der Waals surface area contributed by atoms with Crippen LogP contribution in [0.25, 0.3) is 0 Å². The Hall–Kier alpha value is -1.73. The van der Waals surface area contributed by atoms with Crippen molar-refractivity contribution in [1.82, 2.24) is 0 Å². The van der Waals surface area contributed by atoms with Gasteiger partial charge in [-0.2, -0.15) is 5.26 Å². The van der Waals surface area contributed by atoms with Crippen molar-refractivity contribution in [3.63, 3.8) is 0 Å². The zero-order valence-electron chi connectivity index (χ0n) is 9.87. The van der Waals surface area contributed by atoms with Gasteiger partial charge in [-0.25, -0.2) is 4.79 Å². The first-order chi connectivity index (χ1) is 7.81. The normalized spacial score (nSPS) is 10.5. The molecule has 0 bridgehead atoms. The fraction of sp³-hybridized carbons (Fsp3) is 0.333. The summed E-state index contributed by atoms with van der Waals surface area (Å²) >= 11 is 5.89. The molecule has 0 aromatic heterocycles. The van der Waals surface area contributed by atoms with Gasteiger partial charge in [0.15, 0.2) is 0 Å². The van der Waals surface area contributed by atoms with E-state index >= 15 is 0 Å². The molecule has 1 amide bonds. The third-order valence-corrected chi connectivity index (χ3v) is 2.06. The highest BCUT2D eigenvalue weighted by molar-refractivity contribution is 6.33. The van der Waals surface area contributed by atoms with E-state index in [2.05, 4.69) is 5.32 Å². The van der Waals surface area contributed by atoms with E-state index in [4.69, 9.17) is 21.6 Å². The standard InChI is InChI=1S/C12H13ClN2O2/c1-12(2,3)17-11(16)15-10-6-8(7-14)4-5-9(10)13/h4-6H,1-3H3,(H,15,16). The van der Waals surface area contributed by atoms with E-state index in [-0.39, 0.29) is 0 Å². The number of nitrogens with zero attached hydrogens (tertiary/aromatic N) is 1. The van der Waals surface area contributed by atoms with Crippen molar-refractivity contribution in [3.05, 3.63) is 28.8 Å². The Morgan fingerprint density at radius 2 is 2.12 bits per heavy atom. The molecule has 0 aliphatic rings. The quantitative estimate of drug-likeness (QED) is 0.831. The molecule has 1 aromatic rings. The van der Waals surface area contributed by atoms with Gasteiger partial charge in [0.2, 0.25) is 0 Å². The first kappa shape index (κ1) is 13.3. The number of halogens is 1. The molecule has 0 radical (unpaired) electrons. The van der Waals surface area contributed by atoms with Crippen LogP contribution in [0.2, 0.25) is 5.02 Å². The van der Waals surface area contributed by atoms with Crippen LogP contribution in [0.15, 0.2) is 18.2 Å². The van der Waals surface area contributed by atoms with Gasteiger partial charge in [0.1, 0.15) is 5.60 Å². The Kier molecular flexibility index (Phi) is 3.97. The molecule has 1 aromatic carbocycles. The highest BCUT2D eigenvalue weighted by atomic mass is 35.5. The number of anilines is 1. The maximum atomic E-state index is 11.5. The predicted molar refractivity (Wildman–Crippen MR) is 66.0 cm³/mol. The summed E-state index contributed by atoms with van der Waals surface area (Å²) in [7, 11) is 0. The van der Waals surface area contributed by atoms with Crippen molar-refractivity contribution in [1.29, 1.82) is 5.26 Å². The minimum Gasteiger partial charge on any atom is -0.444 e. The minimum atomic E-state index is -0.602. The number of carbonyl (C=O) groups is 1. The monoisotopic (exact) mass is 252 g/mol. The topological polar surface area (TPSA) is 62.1 Å². The summed E-state index contributed by atoms with van der Waals surface area (Å²) in [6.07, 6.45) is -0.602. The molecule has 0 atom stereocenters. The zero-order valence-corrected chi connectivity index (χ0v) is 10.6. The second kappa shape index (κ2) is 5.07. The van der Waals surface area contributed by atoms with Crippen LogP contribution >= 0.6 is 11.6 Å². The van der Waals surface area contributed by atoms with Gasteiger partial charge in [-0.15, -0.1) is 0 Å². The minimum absolute atomic E-state index is 0.356. The molecule has 0 spiro atoms. The van der Waals surface area contributed by atoms with Crippen molar-refractivity contribution < 1.29 is 9.53 Å². The Balaban J connectivity index is 2.82. The Bertz CT molecular complexity index is 472. The molecule has 90 valence electrons. The summed E-state index contributed by atoms with van der Waals surface area (Å²) in [5.41, 5.74) is 0.198. The first-order valence-electron chi connectivity index (χ1n) is 5.01. The van der Waals surface area contributed by atoms with Gasteiger partial charge in [0.25, 0.3) is 0 Å². The van der Waals surface area contributed by atoms with Gasteiger partial charge in [0.05, 0.1) is 22.3 Å². The molecule has 0 saturated carbocycles. The van der Waals surface area contributed by atoms with Gasteiger partial charge in [0, 0.05) is 0 Å². The van der Waals surface area contributed by atoms with Crippen molar-refractivity contribution in [3.8, 4) is 6.07 Å². The molecular weight excluding hydrogens is 240 g/mol. The average Bonchev–Trinajstić information content (AvgIpc) is 2.18. The van der Waals surface area contributed by atoms with Crippen LogP contribution in [0.3, 0.4) is 0 Å². The fourth-order valence-electron chi connectivity index (χ4n) is 1.10. The first-order valence-corrected chi connectivity index (χ1v) is 5.39. The smallest absolute Gasteiger partial charge is 0.412 e. The Morgan fingerprint density at radius 1 is 1.47 bits per heavy atom. The zero-order chi connectivity index (χ0) is 13.1. The van der Waals surface area contributed by atoms with Crippen LogP contribution in [0, 0.1) is 11.3 Å². The lowest BCUT2D eigenvalue weighted by atomic mass is 10.2. The second-order valence-corrected chi connectivity index (χ2v) is 4.84. The van der Waals surface area contributed by atoms with E-state index in [1.165, 1.54) is 6.07 Å². The fourth-order valence-corrected chi connectivity index (χ4v) is 1.27. The highest BCUT2D eigenvalue weighted by Crippen LogP contribution is 2.23. The lowest BCUT2D eigenvalue weighted by Crippen LogP contribution is -2.27. The number of amides is 1. The Labute approximate surface area is 105 Å². The molecular formula is C12H13ClN2O2. The third-order valence-electron chi connectivity index (χ3n) is 1.73. The molecule has 1 N–H and O–H groups in total. The summed E-state index contributed by atoms with van der Waals surface area (Å²) in [4.78, 5) is 11.5. The van der Waals surface area contributed by atoms with Gasteiger partial charge >= 0.3 is 6.09 Å². The highest BCUT2D eigenvalue weighted by Gasteiger charge is 2.17. The van der Waals surface area contributed by atoms with E-state index in [0.29, 0.717) is 16.3 Å². The van der Waals surface area contributed by atoms with E-state index in [0.717, 1.165) is 0 Å². The number of carbonyl (C=O) groups excluding carboxylic acids is 1. The lowest BCUT2D eigenvalue weighted by molar-refractivity contribution is 0.0636. The number of hydrogen-bond donors (Lipinski definition) is 1. The number of benzene rings is 1. The van der Waals surface area contributed by atoms with E-state index in [1.807, 2.05) is 6.07 Å². The van der Waals surface area contributed by atoms with Crippen LogP contribution in [0.5, 0.6) is 0 Å². The van der Waals surface area contributed by atoms with Crippen molar-refractivity contribution >= 4 is 23.4 Å². The van der Waals surface area contributed by atoms with E-state index in [9.17, 15) is 4.79 Å². The SMILES string of the molecule is CC(C)(C)OC(=O)Nc1cc(C#N)ccc1Cl. The van der Waals surface area contributed by atoms with E-state index in [1.54, 1.807) is 32.9 Å². The van der Waals surface area contributed by atoms with Crippen molar-refractivity contribution in [2.45, 2.75) is 26.4 Å². The molecule has 0 heterocycles. The van der Waals surface area contributed by atoms with Crippen LogP contribution in [0.1, 0.15) is 26.3 Å². The lowest BCUT2D eigenvalue weighted by Gasteiger charge is -2.20. The van der Waals surface area contributed by atoms with Gasteiger partial charge < -0.3 is 4.74 Å². The van der Waals surface area contributed by atoms with Crippen LogP contribution < -0.4 is 5.32 Å². The second-order valence-electron chi connectivity index (χ2n) is 4.43. The maximum absolute atomic E-state index is 11.5. The number of ether oxygens (including phenoxy) is 1. The Morgan fingerprint density at radius 3 is 2.65 bits per heavy atom. The van der Waals surface area contributed by atoms with Gasteiger partial charge in [-0.1, -0.05) is 11.6 Å². The van der Waals surface area contributed by atoms with Crippen molar-refractivity contribution in [2.75, 3.05) is 5.32 Å². The average molecular weight is 253 g/mol. The van der Waals surface area contributed by atoms with Crippen LogP contribution in [0.4, 0.5) is 10.5 Å².